The molecular formula is C18H20N2O4. The van der Waals surface area contributed by atoms with E-state index in [2.05, 4.69) is 9.88 Å². The van der Waals surface area contributed by atoms with Gasteiger partial charge in [-0.1, -0.05) is 6.07 Å². The zero-order valence-electron chi connectivity index (χ0n) is 13.4. The van der Waals surface area contributed by atoms with Gasteiger partial charge in [0.25, 0.3) is 0 Å². The van der Waals surface area contributed by atoms with Crippen molar-refractivity contribution in [2.45, 2.75) is 0 Å². The quantitative estimate of drug-likeness (QED) is 0.839. The van der Waals surface area contributed by atoms with E-state index in [-0.39, 0.29) is 6.79 Å². The fourth-order valence-corrected chi connectivity index (χ4v) is 2.82. The molecule has 0 atom stereocenters. The lowest BCUT2D eigenvalue weighted by atomic mass is 10.1. The smallest absolute Gasteiger partial charge is 0.231 e. The van der Waals surface area contributed by atoms with E-state index in [1.165, 1.54) is 0 Å². The van der Waals surface area contributed by atoms with Crippen molar-refractivity contribution < 1.29 is 18.9 Å². The molecule has 4 rings (SSSR count). The second kappa shape index (κ2) is 7.07. The molecule has 1 aromatic carbocycles. The van der Waals surface area contributed by atoms with Crippen LogP contribution in [0.2, 0.25) is 0 Å². The van der Waals surface area contributed by atoms with E-state index in [1.54, 1.807) is 0 Å². The van der Waals surface area contributed by atoms with Crippen molar-refractivity contribution in [3.05, 3.63) is 36.5 Å². The summed E-state index contributed by atoms with van der Waals surface area (Å²) in [5.41, 5.74) is 2.07. The Kier molecular flexibility index (Phi) is 4.49. The maximum absolute atomic E-state index is 5.74. The van der Waals surface area contributed by atoms with Gasteiger partial charge in [0.05, 0.1) is 13.2 Å². The minimum atomic E-state index is 0.285. The Hall–Kier alpha value is -2.31. The Labute approximate surface area is 140 Å². The SMILES string of the molecule is c1cc(OCCN2CCOCC2)ncc1-c1ccc2c(c1)OCO2. The molecule has 2 aliphatic heterocycles. The number of benzene rings is 1. The zero-order chi connectivity index (χ0) is 16.2. The third-order valence-electron chi connectivity index (χ3n) is 4.20. The molecule has 3 heterocycles. The Morgan fingerprint density at radius 1 is 1.00 bits per heavy atom. The van der Waals surface area contributed by atoms with Crippen molar-refractivity contribution >= 4 is 0 Å². The maximum Gasteiger partial charge on any atom is 0.231 e. The number of pyridine rings is 1. The summed E-state index contributed by atoms with van der Waals surface area (Å²) in [6, 6.07) is 9.81. The van der Waals surface area contributed by atoms with Gasteiger partial charge >= 0.3 is 0 Å². The van der Waals surface area contributed by atoms with E-state index >= 15 is 0 Å². The van der Waals surface area contributed by atoms with Crippen LogP contribution in [0, 0.1) is 0 Å². The first-order valence-corrected chi connectivity index (χ1v) is 8.17. The number of rotatable bonds is 5. The predicted octanol–water partition coefficient (Wildman–Crippen LogP) is 2.19. The van der Waals surface area contributed by atoms with Crippen molar-refractivity contribution in [2.75, 3.05) is 46.2 Å². The van der Waals surface area contributed by atoms with Crippen LogP contribution >= 0.6 is 0 Å². The van der Waals surface area contributed by atoms with Crippen LogP contribution in [0.1, 0.15) is 0 Å². The molecule has 0 spiro atoms. The molecular weight excluding hydrogens is 308 g/mol. The molecule has 1 aromatic heterocycles. The van der Waals surface area contributed by atoms with E-state index in [1.807, 2.05) is 36.5 Å². The first-order valence-electron chi connectivity index (χ1n) is 8.17. The summed E-state index contributed by atoms with van der Waals surface area (Å²) in [6.45, 7) is 5.38. The van der Waals surface area contributed by atoms with Crippen molar-refractivity contribution in [2.24, 2.45) is 0 Å². The molecule has 0 amide bonds. The fourth-order valence-electron chi connectivity index (χ4n) is 2.82. The van der Waals surface area contributed by atoms with Gasteiger partial charge in [-0.2, -0.15) is 0 Å². The highest BCUT2D eigenvalue weighted by atomic mass is 16.7. The molecule has 2 aromatic rings. The topological polar surface area (TPSA) is 53.1 Å². The van der Waals surface area contributed by atoms with Gasteiger partial charge in [0.2, 0.25) is 12.7 Å². The first-order chi connectivity index (χ1) is 11.9. The van der Waals surface area contributed by atoms with E-state index in [0.717, 1.165) is 55.5 Å². The summed E-state index contributed by atoms with van der Waals surface area (Å²) in [6.07, 6.45) is 1.82. The van der Waals surface area contributed by atoms with Gasteiger partial charge in [0.1, 0.15) is 6.61 Å². The lowest BCUT2D eigenvalue weighted by molar-refractivity contribution is 0.0320. The predicted molar refractivity (Wildman–Crippen MR) is 88.6 cm³/mol. The summed E-state index contributed by atoms with van der Waals surface area (Å²) in [4.78, 5) is 6.73. The molecule has 0 unspecified atom stereocenters. The summed E-state index contributed by atoms with van der Waals surface area (Å²) in [5.74, 6) is 2.21. The van der Waals surface area contributed by atoms with Crippen LogP contribution < -0.4 is 14.2 Å². The van der Waals surface area contributed by atoms with Crippen LogP contribution in [0.4, 0.5) is 0 Å². The van der Waals surface area contributed by atoms with Crippen molar-refractivity contribution in [1.29, 1.82) is 0 Å². The second-order valence-corrected chi connectivity index (χ2v) is 5.76. The van der Waals surface area contributed by atoms with Gasteiger partial charge in [-0.15, -0.1) is 0 Å². The minimum Gasteiger partial charge on any atom is -0.476 e. The summed E-state index contributed by atoms with van der Waals surface area (Å²) in [7, 11) is 0. The van der Waals surface area contributed by atoms with E-state index in [9.17, 15) is 0 Å². The molecule has 126 valence electrons. The average Bonchev–Trinajstić information content (AvgIpc) is 3.11. The summed E-state index contributed by atoms with van der Waals surface area (Å²) < 4.78 is 21.8. The number of fused-ring (bicyclic) bond motifs is 1. The molecule has 0 radical (unpaired) electrons. The highest BCUT2D eigenvalue weighted by Crippen LogP contribution is 2.35. The maximum atomic E-state index is 5.74. The second-order valence-electron chi connectivity index (χ2n) is 5.76. The van der Waals surface area contributed by atoms with Gasteiger partial charge in [-0.25, -0.2) is 4.98 Å². The number of aromatic nitrogens is 1. The number of morpholine rings is 1. The number of nitrogens with zero attached hydrogens (tertiary/aromatic N) is 2. The molecule has 2 aliphatic rings. The third kappa shape index (κ3) is 3.44. The summed E-state index contributed by atoms with van der Waals surface area (Å²) in [5, 5.41) is 0. The highest BCUT2D eigenvalue weighted by molar-refractivity contribution is 5.67. The summed E-state index contributed by atoms with van der Waals surface area (Å²) >= 11 is 0. The van der Waals surface area contributed by atoms with E-state index < -0.39 is 0 Å². The molecule has 6 nitrogen and oxygen atoms in total. The normalized spacial score (nSPS) is 17.0. The monoisotopic (exact) mass is 328 g/mol. The van der Waals surface area contributed by atoms with Crippen LogP contribution in [0.3, 0.4) is 0 Å². The Bertz CT molecular complexity index is 684. The van der Waals surface area contributed by atoms with E-state index in [0.29, 0.717) is 12.5 Å². The standard InChI is InChI=1S/C18H20N2O4/c1-3-16-17(24-13-23-16)11-14(1)15-2-4-18(19-12-15)22-10-7-20-5-8-21-9-6-20/h1-4,11-12H,5-10,13H2. The average molecular weight is 328 g/mol. The Morgan fingerprint density at radius 2 is 1.83 bits per heavy atom. The van der Waals surface area contributed by atoms with Crippen LogP contribution in [-0.4, -0.2) is 56.1 Å². The van der Waals surface area contributed by atoms with E-state index in [4.69, 9.17) is 18.9 Å². The lowest BCUT2D eigenvalue weighted by Gasteiger charge is -2.26. The van der Waals surface area contributed by atoms with Gasteiger partial charge in [-0.3, -0.25) is 4.90 Å². The largest absolute Gasteiger partial charge is 0.476 e. The van der Waals surface area contributed by atoms with Gasteiger partial charge in [-0.05, 0) is 23.8 Å². The molecule has 1 fully saturated rings. The minimum absolute atomic E-state index is 0.285. The highest BCUT2D eigenvalue weighted by Gasteiger charge is 2.14. The molecule has 0 saturated carbocycles. The van der Waals surface area contributed by atoms with Crippen molar-refractivity contribution in [3.63, 3.8) is 0 Å². The zero-order valence-corrected chi connectivity index (χ0v) is 13.4. The van der Waals surface area contributed by atoms with Crippen LogP contribution in [-0.2, 0) is 4.74 Å². The number of ether oxygens (including phenoxy) is 4. The molecule has 0 bridgehead atoms. The molecule has 1 saturated heterocycles. The molecule has 0 N–H and O–H groups in total. The third-order valence-corrected chi connectivity index (χ3v) is 4.20. The fraction of sp³-hybridized carbons (Fsp3) is 0.389. The van der Waals surface area contributed by atoms with Gasteiger partial charge in [0, 0.05) is 37.5 Å². The number of hydrogen-bond donors (Lipinski definition) is 0. The lowest BCUT2D eigenvalue weighted by Crippen LogP contribution is -2.38. The van der Waals surface area contributed by atoms with Crippen molar-refractivity contribution in [1.82, 2.24) is 9.88 Å². The van der Waals surface area contributed by atoms with Crippen LogP contribution in [0.15, 0.2) is 36.5 Å². The molecule has 0 aliphatic carbocycles. The van der Waals surface area contributed by atoms with Gasteiger partial charge in [0.15, 0.2) is 11.5 Å². The Balaban J connectivity index is 1.34. The Morgan fingerprint density at radius 3 is 2.67 bits per heavy atom. The first kappa shape index (κ1) is 15.2. The molecule has 24 heavy (non-hydrogen) atoms. The van der Waals surface area contributed by atoms with Crippen LogP contribution in [0.5, 0.6) is 17.4 Å². The number of hydrogen-bond acceptors (Lipinski definition) is 6. The van der Waals surface area contributed by atoms with Crippen molar-refractivity contribution in [3.8, 4) is 28.5 Å². The molecule has 6 heteroatoms. The van der Waals surface area contributed by atoms with Crippen LogP contribution in [0.25, 0.3) is 11.1 Å². The van der Waals surface area contributed by atoms with Gasteiger partial charge < -0.3 is 18.9 Å².